The molecule has 2 rings (SSSR count). The molecule has 0 unspecified atom stereocenters. The van der Waals surface area contributed by atoms with Crippen LogP contribution in [-0.4, -0.2) is 25.4 Å². The molecule has 120 valence electrons. The number of amides is 1. The normalized spacial score (nSPS) is 10.0. The molecule has 6 heteroatoms. The Hall–Kier alpha value is -2.53. The minimum atomic E-state index is -0.351. The fourth-order valence-corrected chi connectivity index (χ4v) is 2.08. The van der Waals surface area contributed by atoms with E-state index in [-0.39, 0.29) is 18.3 Å². The number of carbonyl (C=O) groups excluding carboxylic acids is 2. The molecule has 2 aromatic carbocycles. The van der Waals surface area contributed by atoms with Crippen molar-refractivity contribution in [3.05, 3.63) is 53.1 Å². The number of halogens is 1. The van der Waals surface area contributed by atoms with Crippen LogP contribution in [0.3, 0.4) is 0 Å². The van der Waals surface area contributed by atoms with Gasteiger partial charge in [0.2, 0.25) is 0 Å². The quantitative estimate of drug-likeness (QED) is 0.821. The number of anilines is 1. The fraction of sp³-hybridized carbons (Fsp3) is 0.176. The van der Waals surface area contributed by atoms with Crippen molar-refractivity contribution in [1.29, 1.82) is 0 Å². The van der Waals surface area contributed by atoms with E-state index >= 15 is 0 Å². The molecular formula is C17H16ClNO4. The van der Waals surface area contributed by atoms with E-state index in [0.29, 0.717) is 27.8 Å². The second-order valence-electron chi connectivity index (χ2n) is 4.74. The highest BCUT2D eigenvalue weighted by Gasteiger charge is 2.11. The van der Waals surface area contributed by atoms with Crippen molar-refractivity contribution in [2.45, 2.75) is 6.92 Å². The van der Waals surface area contributed by atoms with Crippen LogP contribution in [0.15, 0.2) is 42.5 Å². The molecule has 1 N–H and O–H groups in total. The molecule has 0 spiro atoms. The Labute approximate surface area is 139 Å². The zero-order valence-electron chi connectivity index (χ0n) is 12.8. The number of benzene rings is 2. The van der Waals surface area contributed by atoms with Crippen LogP contribution in [0.25, 0.3) is 0 Å². The van der Waals surface area contributed by atoms with E-state index in [9.17, 15) is 9.59 Å². The van der Waals surface area contributed by atoms with Crippen LogP contribution in [0.5, 0.6) is 11.5 Å². The molecule has 0 aromatic heterocycles. The smallest absolute Gasteiger partial charge is 0.262 e. The summed E-state index contributed by atoms with van der Waals surface area (Å²) in [5.41, 5.74) is 1.02. The maximum Gasteiger partial charge on any atom is 0.262 e. The van der Waals surface area contributed by atoms with Gasteiger partial charge in [-0.1, -0.05) is 23.7 Å². The summed E-state index contributed by atoms with van der Waals surface area (Å²) in [6.45, 7) is 1.26. The second-order valence-corrected chi connectivity index (χ2v) is 5.15. The minimum absolute atomic E-state index is 0.0775. The molecule has 0 aliphatic heterocycles. The zero-order chi connectivity index (χ0) is 16.8. The van der Waals surface area contributed by atoms with Gasteiger partial charge in [0, 0.05) is 5.56 Å². The standard InChI is InChI=1S/C17H16ClNO4/c1-11(20)12-7-8-15(16(9-12)22-2)23-10-17(21)19-14-6-4-3-5-13(14)18/h3-9H,10H2,1-2H3,(H,19,21). The van der Waals surface area contributed by atoms with Crippen molar-refractivity contribution in [2.24, 2.45) is 0 Å². The second kappa shape index (κ2) is 7.65. The molecule has 0 saturated carbocycles. The predicted molar refractivity (Wildman–Crippen MR) is 88.6 cm³/mol. The number of carbonyl (C=O) groups is 2. The van der Waals surface area contributed by atoms with Crippen molar-refractivity contribution in [1.82, 2.24) is 0 Å². The van der Waals surface area contributed by atoms with Gasteiger partial charge in [0.1, 0.15) is 0 Å². The Kier molecular flexibility index (Phi) is 5.60. The molecule has 0 fully saturated rings. The summed E-state index contributed by atoms with van der Waals surface area (Å²) >= 11 is 5.97. The molecule has 0 radical (unpaired) electrons. The van der Waals surface area contributed by atoms with E-state index in [4.69, 9.17) is 21.1 Å². The van der Waals surface area contributed by atoms with Gasteiger partial charge in [-0.25, -0.2) is 0 Å². The zero-order valence-corrected chi connectivity index (χ0v) is 13.5. The number of hydrogen-bond donors (Lipinski definition) is 1. The Morgan fingerprint density at radius 2 is 1.87 bits per heavy atom. The maximum atomic E-state index is 11.9. The molecule has 0 bridgehead atoms. The molecular weight excluding hydrogens is 318 g/mol. The summed E-state index contributed by atoms with van der Waals surface area (Å²) < 4.78 is 10.6. The van der Waals surface area contributed by atoms with Gasteiger partial charge in [0.25, 0.3) is 5.91 Å². The van der Waals surface area contributed by atoms with Gasteiger partial charge in [-0.3, -0.25) is 9.59 Å². The van der Waals surface area contributed by atoms with Gasteiger partial charge >= 0.3 is 0 Å². The number of Topliss-reactive ketones (excluding diaryl/α,β-unsaturated/α-hetero) is 1. The van der Waals surface area contributed by atoms with Gasteiger partial charge in [-0.05, 0) is 37.3 Å². The fourth-order valence-electron chi connectivity index (χ4n) is 1.90. The van der Waals surface area contributed by atoms with E-state index in [0.717, 1.165) is 0 Å². The number of ether oxygens (including phenoxy) is 2. The number of nitrogens with one attached hydrogen (secondary N) is 1. The number of hydrogen-bond acceptors (Lipinski definition) is 4. The van der Waals surface area contributed by atoms with Crippen molar-refractivity contribution in [2.75, 3.05) is 19.0 Å². The Balaban J connectivity index is 2.01. The van der Waals surface area contributed by atoms with E-state index in [2.05, 4.69) is 5.32 Å². The van der Waals surface area contributed by atoms with Crippen LogP contribution < -0.4 is 14.8 Å². The lowest BCUT2D eigenvalue weighted by Gasteiger charge is -2.12. The third-order valence-electron chi connectivity index (χ3n) is 3.08. The summed E-state index contributed by atoms with van der Waals surface area (Å²) in [7, 11) is 1.47. The largest absolute Gasteiger partial charge is 0.493 e. The summed E-state index contributed by atoms with van der Waals surface area (Å²) in [5, 5.41) is 3.11. The van der Waals surface area contributed by atoms with E-state index < -0.39 is 0 Å². The van der Waals surface area contributed by atoms with Crippen molar-refractivity contribution < 1.29 is 19.1 Å². The lowest BCUT2D eigenvalue weighted by molar-refractivity contribution is -0.118. The molecule has 0 saturated heterocycles. The molecule has 5 nitrogen and oxygen atoms in total. The summed E-state index contributed by atoms with van der Waals surface area (Å²) in [4.78, 5) is 23.3. The highest BCUT2D eigenvalue weighted by atomic mass is 35.5. The number of ketones is 1. The van der Waals surface area contributed by atoms with Crippen LogP contribution in [0.1, 0.15) is 17.3 Å². The highest BCUT2D eigenvalue weighted by molar-refractivity contribution is 6.33. The summed E-state index contributed by atoms with van der Waals surface area (Å²) in [5.74, 6) is 0.345. The maximum absolute atomic E-state index is 11.9. The molecule has 1 amide bonds. The highest BCUT2D eigenvalue weighted by Crippen LogP contribution is 2.28. The lowest BCUT2D eigenvalue weighted by atomic mass is 10.1. The first kappa shape index (κ1) is 16.8. The van der Waals surface area contributed by atoms with Gasteiger partial charge < -0.3 is 14.8 Å². The number of para-hydroxylation sites is 1. The van der Waals surface area contributed by atoms with Crippen LogP contribution in [0.2, 0.25) is 5.02 Å². The molecule has 0 heterocycles. The first-order chi connectivity index (χ1) is 11.0. The monoisotopic (exact) mass is 333 g/mol. The molecule has 23 heavy (non-hydrogen) atoms. The Bertz CT molecular complexity index is 730. The third-order valence-corrected chi connectivity index (χ3v) is 3.41. The van der Waals surface area contributed by atoms with E-state index in [1.54, 1.807) is 42.5 Å². The molecule has 0 aliphatic carbocycles. The first-order valence-corrected chi connectivity index (χ1v) is 7.25. The van der Waals surface area contributed by atoms with Crippen LogP contribution in [0.4, 0.5) is 5.69 Å². The van der Waals surface area contributed by atoms with Crippen LogP contribution in [-0.2, 0) is 4.79 Å². The Morgan fingerprint density at radius 3 is 2.52 bits per heavy atom. The molecule has 0 aliphatic rings. The van der Waals surface area contributed by atoms with Crippen molar-refractivity contribution in [3.8, 4) is 11.5 Å². The number of rotatable bonds is 6. The summed E-state index contributed by atoms with van der Waals surface area (Å²) in [6.07, 6.45) is 0. The van der Waals surface area contributed by atoms with Gasteiger partial charge in [0.15, 0.2) is 23.9 Å². The summed E-state index contributed by atoms with van der Waals surface area (Å²) in [6, 6.07) is 11.7. The minimum Gasteiger partial charge on any atom is -0.493 e. The van der Waals surface area contributed by atoms with Crippen LogP contribution in [0, 0.1) is 0 Å². The topological polar surface area (TPSA) is 64.6 Å². The third kappa shape index (κ3) is 4.47. The van der Waals surface area contributed by atoms with Gasteiger partial charge in [0.05, 0.1) is 17.8 Å². The molecule has 0 atom stereocenters. The predicted octanol–water partition coefficient (Wildman–Crippen LogP) is 3.57. The average Bonchev–Trinajstić information content (AvgIpc) is 2.54. The van der Waals surface area contributed by atoms with Crippen molar-refractivity contribution >= 4 is 29.0 Å². The van der Waals surface area contributed by atoms with E-state index in [1.165, 1.54) is 14.0 Å². The molecule has 2 aromatic rings. The number of methoxy groups -OCH3 is 1. The van der Waals surface area contributed by atoms with Gasteiger partial charge in [-0.2, -0.15) is 0 Å². The van der Waals surface area contributed by atoms with E-state index in [1.807, 2.05) is 0 Å². The SMILES string of the molecule is COc1cc(C(C)=O)ccc1OCC(=O)Nc1ccccc1Cl. The Morgan fingerprint density at radius 1 is 1.13 bits per heavy atom. The van der Waals surface area contributed by atoms with Gasteiger partial charge in [-0.15, -0.1) is 0 Å². The average molecular weight is 334 g/mol. The lowest BCUT2D eigenvalue weighted by Crippen LogP contribution is -2.20. The first-order valence-electron chi connectivity index (χ1n) is 6.87. The van der Waals surface area contributed by atoms with Crippen LogP contribution >= 0.6 is 11.6 Å². The van der Waals surface area contributed by atoms with Crippen molar-refractivity contribution in [3.63, 3.8) is 0 Å².